The van der Waals surface area contributed by atoms with Gasteiger partial charge in [-0.25, -0.2) is 8.42 Å². The lowest BCUT2D eigenvalue weighted by Crippen LogP contribution is -2.60. The molecular formula is C29H35N3O5S. The maximum Gasteiger partial charge on any atom is 0.243 e. The van der Waals surface area contributed by atoms with E-state index in [0.29, 0.717) is 31.0 Å². The van der Waals surface area contributed by atoms with Crippen LogP contribution in [0.25, 0.3) is 0 Å². The van der Waals surface area contributed by atoms with Crippen LogP contribution in [0.1, 0.15) is 18.1 Å². The third kappa shape index (κ3) is 6.28. The van der Waals surface area contributed by atoms with E-state index in [-0.39, 0.29) is 23.9 Å². The lowest BCUT2D eigenvalue weighted by molar-refractivity contribution is -0.124. The molecule has 1 saturated heterocycles. The summed E-state index contributed by atoms with van der Waals surface area (Å²) in [7, 11) is -0.735. The van der Waals surface area contributed by atoms with E-state index in [1.165, 1.54) is 4.31 Å². The summed E-state index contributed by atoms with van der Waals surface area (Å²) in [6, 6.07) is 21.3. The number of carbonyl (C=O) groups is 1. The van der Waals surface area contributed by atoms with E-state index in [1.807, 2.05) is 66.4 Å². The van der Waals surface area contributed by atoms with Crippen molar-refractivity contribution < 1.29 is 22.7 Å². The zero-order valence-corrected chi connectivity index (χ0v) is 22.9. The molecule has 1 fully saturated rings. The molecule has 1 aliphatic rings. The first-order valence-corrected chi connectivity index (χ1v) is 14.2. The highest BCUT2D eigenvalue weighted by Crippen LogP contribution is 2.31. The van der Waals surface area contributed by atoms with Crippen LogP contribution in [0.3, 0.4) is 0 Å². The van der Waals surface area contributed by atoms with Crippen molar-refractivity contribution in [2.24, 2.45) is 0 Å². The minimum atomic E-state index is -3.89. The van der Waals surface area contributed by atoms with Gasteiger partial charge in [-0.1, -0.05) is 49.4 Å². The van der Waals surface area contributed by atoms with Crippen LogP contribution in [0, 0.1) is 0 Å². The Morgan fingerprint density at radius 2 is 1.58 bits per heavy atom. The van der Waals surface area contributed by atoms with Crippen molar-refractivity contribution in [3.8, 4) is 11.5 Å². The maximum absolute atomic E-state index is 13.7. The average molecular weight is 538 g/mol. The number of nitrogens with zero attached hydrogens (tertiary/aromatic N) is 2. The number of rotatable bonds is 10. The lowest BCUT2D eigenvalue weighted by atomic mass is 10.1. The fraction of sp³-hybridized carbons (Fsp3) is 0.345. The van der Waals surface area contributed by atoms with Crippen LogP contribution in [-0.2, 0) is 27.7 Å². The number of hydrogen-bond acceptors (Lipinski definition) is 6. The highest BCUT2D eigenvalue weighted by atomic mass is 32.2. The van der Waals surface area contributed by atoms with Crippen molar-refractivity contribution >= 4 is 21.6 Å². The lowest BCUT2D eigenvalue weighted by Gasteiger charge is -2.40. The first-order chi connectivity index (χ1) is 18.3. The van der Waals surface area contributed by atoms with E-state index >= 15 is 0 Å². The Hall–Kier alpha value is -3.56. The molecule has 0 aromatic heterocycles. The number of benzene rings is 3. The second-order valence-electron chi connectivity index (χ2n) is 9.17. The molecule has 1 aliphatic heterocycles. The third-order valence-electron chi connectivity index (χ3n) is 6.83. The predicted molar refractivity (Wildman–Crippen MR) is 148 cm³/mol. The van der Waals surface area contributed by atoms with Crippen LogP contribution in [0.2, 0.25) is 0 Å². The maximum atomic E-state index is 13.7. The molecule has 0 bridgehead atoms. The zero-order valence-electron chi connectivity index (χ0n) is 22.1. The van der Waals surface area contributed by atoms with Crippen LogP contribution < -0.4 is 19.7 Å². The Bertz CT molecular complexity index is 1310. The number of ether oxygens (including phenoxy) is 2. The first kappa shape index (κ1) is 27.5. The molecule has 0 spiro atoms. The molecule has 0 saturated carbocycles. The Morgan fingerprint density at radius 3 is 2.18 bits per heavy atom. The van der Waals surface area contributed by atoms with Gasteiger partial charge in [0, 0.05) is 50.1 Å². The summed E-state index contributed by atoms with van der Waals surface area (Å²) in [5.74, 6) is 0.915. The zero-order chi connectivity index (χ0) is 27.1. The van der Waals surface area contributed by atoms with E-state index in [4.69, 9.17) is 9.47 Å². The molecule has 0 aliphatic carbocycles. The Morgan fingerprint density at radius 1 is 0.921 bits per heavy atom. The summed E-state index contributed by atoms with van der Waals surface area (Å²) in [6.07, 6.45) is 1.47. The van der Waals surface area contributed by atoms with E-state index in [9.17, 15) is 13.2 Å². The quantitative estimate of drug-likeness (QED) is 0.426. The van der Waals surface area contributed by atoms with Crippen molar-refractivity contribution in [3.05, 3.63) is 83.9 Å². The predicted octanol–water partition coefficient (Wildman–Crippen LogP) is 3.50. The average Bonchev–Trinajstić information content (AvgIpc) is 2.97. The van der Waals surface area contributed by atoms with Gasteiger partial charge in [-0.2, -0.15) is 4.31 Å². The summed E-state index contributed by atoms with van der Waals surface area (Å²) < 4.78 is 39.6. The number of piperazine rings is 1. The minimum absolute atomic E-state index is 0.161. The van der Waals surface area contributed by atoms with Crippen LogP contribution >= 0.6 is 0 Å². The number of nitrogens with one attached hydrogen (secondary N) is 1. The second kappa shape index (κ2) is 12.3. The molecule has 202 valence electrons. The molecule has 4 rings (SSSR count). The van der Waals surface area contributed by atoms with Gasteiger partial charge in [0.05, 0.1) is 19.1 Å². The summed E-state index contributed by atoms with van der Waals surface area (Å²) in [5, 5.41) is 2.97. The van der Waals surface area contributed by atoms with Gasteiger partial charge >= 0.3 is 0 Å². The molecule has 1 atom stereocenters. The SMILES string of the molecule is CCc1ccc(S(=O)(=O)N2CCN(c3cc(OC)cc(OC)c3)CC2C(=O)NCCc2ccccc2)cc1. The van der Waals surface area contributed by atoms with Crippen molar-refractivity contribution in [2.75, 3.05) is 45.3 Å². The molecule has 9 heteroatoms. The second-order valence-corrected chi connectivity index (χ2v) is 11.1. The third-order valence-corrected chi connectivity index (χ3v) is 8.75. The van der Waals surface area contributed by atoms with Gasteiger partial charge in [-0.3, -0.25) is 4.79 Å². The number of anilines is 1. The van der Waals surface area contributed by atoms with Crippen molar-refractivity contribution in [3.63, 3.8) is 0 Å². The first-order valence-electron chi connectivity index (χ1n) is 12.8. The Labute approximate surface area is 225 Å². The van der Waals surface area contributed by atoms with Crippen LogP contribution in [-0.4, -0.2) is 65.1 Å². The molecule has 1 N–H and O–H groups in total. The molecule has 8 nitrogen and oxygen atoms in total. The largest absolute Gasteiger partial charge is 0.497 e. The van der Waals surface area contributed by atoms with Crippen LogP contribution in [0.15, 0.2) is 77.7 Å². The Kier molecular flexibility index (Phi) is 8.91. The molecule has 3 aromatic rings. The van der Waals surface area contributed by atoms with E-state index < -0.39 is 16.1 Å². The van der Waals surface area contributed by atoms with E-state index in [1.54, 1.807) is 32.4 Å². The molecule has 1 unspecified atom stereocenters. The molecule has 1 heterocycles. The molecular weight excluding hydrogens is 502 g/mol. The van der Waals surface area contributed by atoms with Gasteiger partial charge in [0.25, 0.3) is 0 Å². The van der Waals surface area contributed by atoms with E-state index in [2.05, 4.69) is 5.32 Å². The number of hydrogen-bond donors (Lipinski definition) is 1. The van der Waals surface area contributed by atoms with Gasteiger partial charge in [0.15, 0.2) is 0 Å². The minimum Gasteiger partial charge on any atom is -0.497 e. The smallest absolute Gasteiger partial charge is 0.243 e. The highest BCUT2D eigenvalue weighted by molar-refractivity contribution is 7.89. The topological polar surface area (TPSA) is 88.2 Å². The van der Waals surface area contributed by atoms with Gasteiger partial charge in [0.1, 0.15) is 17.5 Å². The highest BCUT2D eigenvalue weighted by Gasteiger charge is 2.40. The van der Waals surface area contributed by atoms with Crippen LogP contribution in [0.5, 0.6) is 11.5 Å². The number of aryl methyl sites for hydroxylation is 1. The number of sulfonamides is 1. The van der Waals surface area contributed by atoms with Gasteiger partial charge in [-0.15, -0.1) is 0 Å². The summed E-state index contributed by atoms with van der Waals surface area (Å²) >= 11 is 0. The van der Waals surface area contributed by atoms with Gasteiger partial charge in [0.2, 0.25) is 15.9 Å². The summed E-state index contributed by atoms with van der Waals surface area (Å²) in [4.78, 5) is 15.7. The number of amides is 1. The monoisotopic (exact) mass is 537 g/mol. The van der Waals surface area contributed by atoms with Crippen LogP contribution in [0.4, 0.5) is 5.69 Å². The normalized spacial score (nSPS) is 16.2. The Balaban J connectivity index is 1.60. The molecule has 1 amide bonds. The van der Waals surface area contributed by atoms with Gasteiger partial charge < -0.3 is 19.7 Å². The van der Waals surface area contributed by atoms with Crippen molar-refractivity contribution in [1.29, 1.82) is 0 Å². The fourth-order valence-corrected chi connectivity index (χ4v) is 6.17. The molecule has 0 radical (unpaired) electrons. The molecule has 38 heavy (non-hydrogen) atoms. The summed E-state index contributed by atoms with van der Waals surface area (Å²) in [6.45, 7) is 3.20. The van der Waals surface area contributed by atoms with Crippen molar-refractivity contribution in [2.45, 2.75) is 30.7 Å². The number of methoxy groups -OCH3 is 2. The van der Waals surface area contributed by atoms with Gasteiger partial charge in [-0.05, 0) is 36.1 Å². The fourth-order valence-electron chi connectivity index (χ4n) is 4.60. The number of carbonyl (C=O) groups excluding carboxylic acids is 1. The standard InChI is InChI=1S/C29H35N3O5S/c1-4-22-10-12-27(13-11-22)38(34,35)32-17-16-31(24-18-25(36-2)20-26(19-24)37-3)21-28(32)29(33)30-15-14-23-8-6-5-7-9-23/h5-13,18-20,28H,4,14-17,21H2,1-3H3,(H,30,33). The van der Waals surface area contributed by atoms with Crippen molar-refractivity contribution in [1.82, 2.24) is 9.62 Å². The summed E-state index contributed by atoms with van der Waals surface area (Å²) in [5.41, 5.74) is 2.95. The van der Waals surface area contributed by atoms with E-state index in [0.717, 1.165) is 23.2 Å². The molecule has 3 aromatic carbocycles.